The van der Waals surface area contributed by atoms with Crippen LogP contribution in [0.15, 0.2) is 0 Å². The Morgan fingerprint density at radius 2 is 2.35 bits per heavy atom. The summed E-state index contributed by atoms with van der Waals surface area (Å²) in [6, 6.07) is 0. The molecule has 0 unspecified atom stereocenters. The zero-order chi connectivity index (χ0) is 12.4. The molecule has 17 heavy (non-hydrogen) atoms. The van der Waals surface area contributed by atoms with Gasteiger partial charge in [-0.25, -0.2) is 0 Å². The quantitative estimate of drug-likeness (QED) is 0.857. The summed E-state index contributed by atoms with van der Waals surface area (Å²) in [5.41, 5.74) is 0.693. The molecule has 0 aliphatic carbocycles. The molecule has 0 aromatic carbocycles. The lowest BCUT2D eigenvalue weighted by molar-refractivity contribution is -0.141. The number of likely N-dealkylation sites (tertiary alicyclic amines) is 1. The number of aliphatic carboxylic acids is 1. The summed E-state index contributed by atoms with van der Waals surface area (Å²) >= 11 is 1.08. The lowest BCUT2D eigenvalue weighted by Gasteiger charge is -2.14. The van der Waals surface area contributed by atoms with Crippen LogP contribution in [0.3, 0.4) is 0 Å². The zero-order valence-corrected chi connectivity index (χ0v) is 10.2. The largest absolute Gasteiger partial charge is 0.481 e. The van der Waals surface area contributed by atoms with Crippen LogP contribution in [0.5, 0.6) is 0 Å². The van der Waals surface area contributed by atoms with Gasteiger partial charge < -0.3 is 10.0 Å². The number of rotatable bonds is 3. The fraction of sp³-hybridized carbons (Fsp3) is 0.600. The smallest absolute Gasteiger partial charge is 0.308 e. The maximum atomic E-state index is 12.1. The number of nitrogens with zero attached hydrogens (tertiary/aromatic N) is 3. The topological polar surface area (TPSA) is 83.4 Å². The summed E-state index contributed by atoms with van der Waals surface area (Å²) in [6.07, 6.45) is 1.18. The number of hydrogen-bond donors (Lipinski definition) is 1. The molecule has 1 aromatic heterocycles. The van der Waals surface area contributed by atoms with Crippen LogP contribution < -0.4 is 0 Å². The number of amides is 1. The van der Waals surface area contributed by atoms with E-state index in [0.29, 0.717) is 30.0 Å². The molecule has 0 saturated carbocycles. The van der Waals surface area contributed by atoms with Gasteiger partial charge in [-0.2, -0.15) is 0 Å². The zero-order valence-electron chi connectivity index (χ0n) is 9.42. The minimum atomic E-state index is -0.835. The average Bonchev–Trinajstić information content (AvgIpc) is 2.96. The first-order chi connectivity index (χ1) is 8.13. The van der Waals surface area contributed by atoms with Crippen molar-refractivity contribution in [1.82, 2.24) is 14.5 Å². The van der Waals surface area contributed by atoms with E-state index in [-0.39, 0.29) is 12.5 Å². The van der Waals surface area contributed by atoms with Gasteiger partial charge in [0.05, 0.1) is 11.6 Å². The van der Waals surface area contributed by atoms with Crippen LogP contribution in [-0.2, 0) is 11.2 Å². The average molecular weight is 255 g/mol. The number of aryl methyl sites for hydroxylation is 1. The predicted octanol–water partition coefficient (Wildman–Crippen LogP) is 0.647. The van der Waals surface area contributed by atoms with Crippen LogP contribution in [-0.4, -0.2) is 44.6 Å². The third-order valence-corrected chi connectivity index (χ3v) is 3.67. The van der Waals surface area contributed by atoms with E-state index in [0.717, 1.165) is 11.5 Å². The van der Waals surface area contributed by atoms with Crippen molar-refractivity contribution in [2.75, 3.05) is 13.1 Å². The van der Waals surface area contributed by atoms with Crippen LogP contribution in [0, 0.1) is 5.92 Å². The van der Waals surface area contributed by atoms with Crippen LogP contribution >= 0.6 is 11.5 Å². The van der Waals surface area contributed by atoms with Gasteiger partial charge in [-0.3, -0.25) is 9.59 Å². The normalized spacial score (nSPS) is 19.6. The molecule has 1 saturated heterocycles. The molecule has 1 fully saturated rings. The molecule has 0 spiro atoms. The van der Waals surface area contributed by atoms with Gasteiger partial charge >= 0.3 is 5.97 Å². The Bertz CT molecular complexity index is 446. The molecule has 1 aromatic rings. The number of aromatic nitrogens is 2. The Kier molecular flexibility index (Phi) is 3.37. The molecule has 92 valence electrons. The van der Waals surface area contributed by atoms with Crippen molar-refractivity contribution >= 4 is 23.4 Å². The second kappa shape index (κ2) is 4.79. The van der Waals surface area contributed by atoms with Crippen LogP contribution in [0.2, 0.25) is 0 Å². The Morgan fingerprint density at radius 3 is 2.94 bits per heavy atom. The number of carbonyl (C=O) groups excluding carboxylic acids is 1. The van der Waals surface area contributed by atoms with Crippen molar-refractivity contribution in [2.24, 2.45) is 5.92 Å². The molecule has 2 rings (SSSR count). The maximum absolute atomic E-state index is 12.1. The van der Waals surface area contributed by atoms with Crippen molar-refractivity contribution in [3.05, 3.63) is 10.6 Å². The van der Waals surface area contributed by atoms with Gasteiger partial charge in [0.2, 0.25) is 0 Å². The minimum Gasteiger partial charge on any atom is -0.481 e. The van der Waals surface area contributed by atoms with E-state index in [1.807, 2.05) is 6.92 Å². The standard InChI is InChI=1S/C10H13N3O3S/c1-2-7-8(17-12-11-7)9(14)13-4-3-6(5-13)10(15)16/h6H,2-5H2,1H3,(H,15,16)/t6-/m1/s1. The summed E-state index contributed by atoms with van der Waals surface area (Å²) in [7, 11) is 0. The van der Waals surface area contributed by atoms with Gasteiger partial charge in [0, 0.05) is 13.1 Å². The molecule has 1 atom stereocenters. The van der Waals surface area contributed by atoms with Crippen molar-refractivity contribution < 1.29 is 14.7 Å². The van der Waals surface area contributed by atoms with Gasteiger partial charge in [-0.1, -0.05) is 11.4 Å². The number of carboxylic acid groups (broad SMARTS) is 1. The summed E-state index contributed by atoms with van der Waals surface area (Å²) in [5, 5.41) is 12.8. The van der Waals surface area contributed by atoms with Crippen molar-refractivity contribution in [1.29, 1.82) is 0 Å². The van der Waals surface area contributed by atoms with E-state index in [2.05, 4.69) is 9.59 Å². The van der Waals surface area contributed by atoms with Crippen LogP contribution in [0.25, 0.3) is 0 Å². The first-order valence-electron chi connectivity index (χ1n) is 5.46. The molecule has 7 heteroatoms. The molecule has 1 amide bonds. The molecule has 6 nitrogen and oxygen atoms in total. The second-order valence-corrected chi connectivity index (χ2v) is 4.73. The van der Waals surface area contributed by atoms with E-state index < -0.39 is 11.9 Å². The monoisotopic (exact) mass is 255 g/mol. The minimum absolute atomic E-state index is 0.138. The summed E-state index contributed by atoms with van der Waals surface area (Å²) < 4.78 is 3.77. The molecule has 2 heterocycles. The third-order valence-electron chi connectivity index (χ3n) is 2.91. The summed E-state index contributed by atoms with van der Waals surface area (Å²) in [5.74, 6) is -1.41. The van der Waals surface area contributed by atoms with Crippen LogP contribution in [0.4, 0.5) is 0 Å². The number of hydrogen-bond acceptors (Lipinski definition) is 5. The van der Waals surface area contributed by atoms with Gasteiger partial charge in [0.1, 0.15) is 4.88 Å². The number of carbonyl (C=O) groups is 2. The molecule has 1 N–H and O–H groups in total. The van der Waals surface area contributed by atoms with E-state index in [9.17, 15) is 9.59 Å². The van der Waals surface area contributed by atoms with Crippen molar-refractivity contribution in [2.45, 2.75) is 19.8 Å². The SMILES string of the molecule is CCc1nnsc1C(=O)N1CC[C@@H](C(=O)O)C1. The fourth-order valence-corrected chi connectivity index (χ4v) is 2.61. The predicted molar refractivity (Wildman–Crippen MR) is 60.9 cm³/mol. The maximum Gasteiger partial charge on any atom is 0.308 e. The molecular formula is C10H13N3O3S. The lowest BCUT2D eigenvalue weighted by atomic mass is 10.1. The van der Waals surface area contributed by atoms with E-state index >= 15 is 0 Å². The fourth-order valence-electron chi connectivity index (χ4n) is 1.89. The molecule has 1 aliphatic rings. The highest BCUT2D eigenvalue weighted by atomic mass is 32.1. The lowest BCUT2D eigenvalue weighted by Crippen LogP contribution is -2.30. The first-order valence-corrected chi connectivity index (χ1v) is 6.24. The second-order valence-electron chi connectivity index (χ2n) is 3.98. The summed E-state index contributed by atoms with van der Waals surface area (Å²) in [6.45, 7) is 2.70. The van der Waals surface area contributed by atoms with Crippen molar-refractivity contribution in [3.63, 3.8) is 0 Å². The Hall–Kier alpha value is -1.50. The van der Waals surface area contributed by atoms with Crippen molar-refractivity contribution in [3.8, 4) is 0 Å². The highest BCUT2D eigenvalue weighted by molar-refractivity contribution is 7.08. The van der Waals surface area contributed by atoms with Gasteiger partial charge in [0.25, 0.3) is 5.91 Å². The van der Waals surface area contributed by atoms with Gasteiger partial charge in [-0.15, -0.1) is 5.10 Å². The molecular weight excluding hydrogens is 242 g/mol. The molecule has 1 aliphatic heterocycles. The Labute approximate surface area is 102 Å². The van der Waals surface area contributed by atoms with Gasteiger partial charge in [0.15, 0.2) is 0 Å². The number of carboxylic acids is 1. The van der Waals surface area contributed by atoms with E-state index in [4.69, 9.17) is 5.11 Å². The highest BCUT2D eigenvalue weighted by Crippen LogP contribution is 2.21. The first kappa shape index (κ1) is 12.0. The highest BCUT2D eigenvalue weighted by Gasteiger charge is 2.32. The van der Waals surface area contributed by atoms with E-state index in [1.54, 1.807) is 4.90 Å². The Morgan fingerprint density at radius 1 is 1.59 bits per heavy atom. The third kappa shape index (κ3) is 2.28. The van der Waals surface area contributed by atoms with E-state index in [1.165, 1.54) is 0 Å². The summed E-state index contributed by atoms with van der Waals surface area (Å²) in [4.78, 5) is 25.1. The van der Waals surface area contributed by atoms with Gasteiger partial charge in [-0.05, 0) is 24.4 Å². The molecule has 0 radical (unpaired) electrons. The Balaban J connectivity index is 2.09. The van der Waals surface area contributed by atoms with Crippen LogP contribution in [0.1, 0.15) is 28.7 Å². The molecule has 0 bridgehead atoms.